The zero-order valence-electron chi connectivity index (χ0n) is 26.6. The average molecular weight is 617 g/mol. The molecule has 1 aliphatic carbocycles. The molecule has 48 heavy (non-hydrogen) atoms. The molecular formula is C44H32N4. The molecule has 1 unspecified atom stereocenters. The lowest BCUT2D eigenvalue weighted by Crippen LogP contribution is -2.13. The number of allylic oxidation sites excluding steroid dienone is 6. The van der Waals surface area contributed by atoms with Gasteiger partial charge in [-0.15, -0.1) is 0 Å². The highest BCUT2D eigenvalue weighted by molar-refractivity contribution is 6.10. The summed E-state index contributed by atoms with van der Waals surface area (Å²) >= 11 is 0. The van der Waals surface area contributed by atoms with Crippen LogP contribution in [0.25, 0.3) is 61.3 Å². The zero-order chi connectivity index (χ0) is 32.2. The highest BCUT2D eigenvalue weighted by Crippen LogP contribution is 2.42. The van der Waals surface area contributed by atoms with E-state index in [1.807, 2.05) is 6.07 Å². The topological polar surface area (TPSA) is 36.9 Å². The first-order valence-electron chi connectivity index (χ1n) is 16.4. The van der Waals surface area contributed by atoms with Crippen LogP contribution in [0.5, 0.6) is 0 Å². The summed E-state index contributed by atoms with van der Waals surface area (Å²) in [5.74, 6) is 1.22. The van der Waals surface area contributed by atoms with Crippen molar-refractivity contribution in [3.63, 3.8) is 0 Å². The van der Waals surface area contributed by atoms with Crippen LogP contribution in [0.15, 0.2) is 152 Å². The highest BCUT2D eigenvalue weighted by atomic mass is 15.2. The maximum Gasteiger partial charge on any atom is 0.125 e. The van der Waals surface area contributed by atoms with Crippen LogP contribution in [-0.4, -0.2) is 16.2 Å². The molecule has 3 heterocycles. The van der Waals surface area contributed by atoms with E-state index < -0.39 is 0 Å². The Kier molecular flexibility index (Phi) is 6.52. The Bertz CT molecular complexity index is 2530. The van der Waals surface area contributed by atoms with Crippen LogP contribution in [0.3, 0.4) is 0 Å². The fourth-order valence-corrected chi connectivity index (χ4v) is 7.67. The second kappa shape index (κ2) is 11.2. The maximum atomic E-state index is 10.2. The third kappa shape index (κ3) is 4.29. The van der Waals surface area contributed by atoms with Gasteiger partial charge in [0.2, 0.25) is 0 Å². The Hall–Kier alpha value is -6.31. The van der Waals surface area contributed by atoms with Crippen molar-refractivity contribution >= 4 is 50.3 Å². The van der Waals surface area contributed by atoms with Gasteiger partial charge < -0.3 is 9.47 Å². The van der Waals surface area contributed by atoms with Crippen molar-refractivity contribution in [2.24, 2.45) is 0 Å². The van der Waals surface area contributed by atoms with Gasteiger partial charge in [-0.05, 0) is 66.1 Å². The van der Waals surface area contributed by atoms with Crippen LogP contribution < -0.4 is 4.90 Å². The zero-order valence-corrected chi connectivity index (χ0v) is 26.6. The standard InChI is InChI=1S/C44H32N4/c1-46-27-11-10-16-38-37-15-5-9-20-43(37)48(44(38)46)40-17-6-2-12-34(40)31-21-22-32(29-45)39(28-31)30-23-25-33(26-24-30)47-41-18-7-3-13-35(41)36-14-4-8-19-42(36)47/h2-23,25-28,30H,24H2,1H3. The molecule has 0 amide bonds. The van der Waals surface area contributed by atoms with E-state index in [-0.39, 0.29) is 5.92 Å². The average Bonchev–Trinajstić information content (AvgIpc) is 3.58. The summed E-state index contributed by atoms with van der Waals surface area (Å²) in [5, 5.41) is 14.0. The van der Waals surface area contributed by atoms with Crippen molar-refractivity contribution in [2.75, 3.05) is 11.9 Å². The molecule has 0 N–H and O–H groups in total. The van der Waals surface area contributed by atoms with Gasteiger partial charge in [0, 0.05) is 52.1 Å². The predicted octanol–water partition coefficient (Wildman–Crippen LogP) is 10.8. The summed E-state index contributed by atoms with van der Waals surface area (Å²) < 4.78 is 4.74. The minimum Gasteiger partial charge on any atom is -0.337 e. The van der Waals surface area contributed by atoms with E-state index in [2.05, 4.69) is 179 Å². The molecule has 0 radical (unpaired) electrons. The fraction of sp³-hybridized carbons (Fsp3) is 0.0682. The quantitative estimate of drug-likeness (QED) is 0.197. The summed E-state index contributed by atoms with van der Waals surface area (Å²) in [4.78, 5) is 2.20. The van der Waals surface area contributed by atoms with Gasteiger partial charge in [-0.3, -0.25) is 4.57 Å². The maximum absolute atomic E-state index is 10.2. The van der Waals surface area contributed by atoms with E-state index in [4.69, 9.17) is 0 Å². The number of aromatic nitrogens is 2. The first-order valence-corrected chi connectivity index (χ1v) is 16.4. The molecule has 0 fully saturated rings. The molecule has 9 rings (SSSR count). The van der Waals surface area contributed by atoms with Crippen LogP contribution in [0.1, 0.15) is 29.0 Å². The van der Waals surface area contributed by atoms with Crippen molar-refractivity contribution in [2.45, 2.75) is 12.3 Å². The van der Waals surface area contributed by atoms with Crippen LogP contribution in [0.4, 0.5) is 5.82 Å². The molecule has 1 aliphatic heterocycles. The number of para-hydroxylation sites is 4. The van der Waals surface area contributed by atoms with Crippen LogP contribution in [-0.2, 0) is 0 Å². The summed E-state index contributed by atoms with van der Waals surface area (Å²) in [7, 11) is 2.11. The number of benzene rings is 5. The van der Waals surface area contributed by atoms with Gasteiger partial charge in [-0.2, -0.15) is 5.26 Å². The van der Waals surface area contributed by atoms with Crippen molar-refractivity contribution in [1.29, 1.82) is 5.26 Å². The van der Waals surface area contributed by atoms with Crippen LogP contribution >= 0.6 is 0 Å². The van der Waals surface area contributed by atoms with Crippen molar-refractivity contribution in [3.8, 4) is 22.9 Å². The Balaban J connectivity index is 1.14. The normalized spacial score (nSPS) is 15.5. The number of rotatable bonds is 4. The first-order chi connectivity index (χ1) is 23.7. The fourth-order valence-electron chi connectivity index (χ4n) is 7.67. The predicted molar refractivity (Wildman–Crippen MR) is 200 cm³/mol. The number of anilines is 1. The highest BCUT2D eigenvalue weighted by Gasteiger charge is 2.23. The third-order valence-corrected chi connectivity index (χ3v) is 9.85. The summed E-state index contributed by atoms with van der Waals surface area (Å²) in [6.07, 6.45) is 16.1. The van der Waals surface area contributed by atoms with Gasteiger partial charge in [0.25, 0.3) is 0 Å². The van der Waals surface area contributed by atoms with Crippen molar-refractivity contribution in [1.82, 2.24) is 9.13 Å². The Morgan fingerprint density at radius 2 is 1.35 bits per heavy atom. The van der Waals surface area contributed by atoms with E-state index in [1.54, 1.807) is 0 Å². The lowest BCUT2D eigenvalue weighted by molar-refractivity contribution is 0.847. The molecule has 1 atom stereocenters. The Morgan fingerprint density at radius 3 is 2.06 bits per heavy atom. The number of fused-ring (bicyclic) bond motifs is 6. The largest absolute Gasteiger partial charge is 0.337 e. The molecule has 0 spiro atoms. The van der Waals surface area contributed by atoms with E-state index in [0.717, 1.165) is 51.4 Å². The van der Waals surface area contributed by atoms with Crippen LogP contribution in [0, 0.1) is 11.3 Å². The molecule has 7 aromatic rings. The van der Waals surface area contributed by atoms with Crippen molar-refractivity contribution < 1.29 is 0 Å². The van der Waals surface area contributed by atoms with E-state index in [9.17, 15) is 5.26 Å². The smallest absolute Gasteiger partial charge is 0.125 e. The van der Waals surface area contributed by atoms with E-state index in [0.29, 0.717) is 0 Å². The number of nitrogens with zero attached hydrogens (tertiary/aromatic N) is 4. The molecule has 4 nitrogen and oxygen atoms in total. The lowest BCUT2D eigenvalue weighted by atomic mass is 9.86. The SMILES string of the molecule is CN1C=CC=Cc2c1n(-c1ccccc1-c1ccc(C#N)c(C3C=CC(n4c5ccccc5c5ccccc54)=CC3)c1)c1ccccc21. The third-order valence-electron chi connectivity index (χ3n) is 9.85. The molecular weight excluding hydrogens is 585 g/mol. The molecule has 4 heteroatoms. The number of hydrogen-bond acceptors (Lipinski definition) is 2. The summed E-state index contributed by atoms with van der Waals surface area (Å²) in [5.41, 5.74) is 11.0. The first kappa shape index (κ1) is 28.0. The molecule has 228 valence electrons. The Labute approximate surface area is 279 Å². The van der Waals surface area contributed by atoms with E-state index in [1.165, 1.54) is 32.8 Å². The minimum atomic E-state index is 0.0914. The summed E-state index contributed by atoms with van der Waals surface area (Å²) in [6.45, 7) is 0. The van der Waals surface area contributed by atoms with Gasteiger partial charge in [-0.25, -0.2) is 0 Å². The molecule has 0 bridgehead atoms. The second-order valence-electron chi connectivity index (χ2n) is 12.5. The number of nitriles is 1. The van der Waals surface area contributed by atoms with Gasteiger partial charge in [0.05, 0.1) is 33.9 Å². The van der Waals surface area contributed by atoms with Gasteiger partial charge in [-0.1, -0.05) is 103 Å². The van der Waals surface area contributed by atoms with Crippen LogP contribution in [0.2, 0.25) is 0 Å². The van der Waals surface area contributed by atoms with Gasteiger partial charge >= 0.3 is 0 Å². The number of hydrogen-bond donors (Lipinski definition) is 0. The minimum absolute atomic E-state index is 0.0914. The summed E-state index contributed by atoms with van der Waals surface area (Å²) in [6, 6.07) is 43.3. The van der Waals surface area contributed by atoms with Gasteiger partial charge in [0.1, 0.15) is 5.82 Å². The monoisotopic (exact) mass is 616 g/mol. The molecule has 5 aromatic carbocycles. The van der Waals surface area contributed by atoms with Crippen molar-refractivity contribution in [3.05, 3.63) is 169 Å². The molecule has 2 aliphatic rings. The Morgan fingerprint density at radius 1 is 0.688 bits per heavy atom. The molecule has 2 aromatic heterocycles. The van der Waals surface area contributed by atoms with Gasteiger partial charge in [0.15, 0.2) is 0 Å². The second-order valence-corrected chi connectivity index (χ2v) is 12.5. The lowest BCUT2D eigenvalue weighted by Gasteiger charge is -2.22. The van der Waals surface area contributed by atoms with E-state index >= 15 is 0 Å². The molecule has 0 saturated heterocycles. The molecule has 0 saturated carbocycles.